The van der Waals surface area contributed by atoms with Crippen LogP contribution in [0.15, 0.2) is 139 Å². The van der Waals surface area contributed by atoms with Gasteiger partial charge in [-0.05, 0) is 0 Å². The maximum atomic E-state index is 9.18. The van der Waals surface area contributed by atoms with Crippen molar-refractivity contribution in [3.8, 4) is 33.4 Å². The molecule has 6 aromatic carbocycles. The normalized spacial score (nSPS) is 19.0. The second-order valence-corrected chi connectivity index (χ2v) is 39.3. The molecule has 4 atom stereocenters. The van der Waals surface area contributed by atoms with Crippen molar-refractivity contribution in [1.29, 1.82) is 0 Å². The van der Waals surface area contributed by atoms with E-state index in [2.05, 4.69) is 181 Å². The number of rotatable bonds is 9. The zero-order chi connectivity index (χ0) is 39.0. The Morgan fingerprint density at radius 3 is 1.52 bits per heavy atom. The molecule has 2 aliphatic carbocycles. The quantitative estimate of drug-likeness (QED) is 0.127. The second kappa shape index (κ2) is 14.4. The van der Waals surface area contributed by atoms with E-state index < -0.39 is 25.9 Å². The molecule has 0 radical (unpaired) electrons. The van der Waals surface area contributed by atoms with Crippen molar-refractivity contribution in [2.45, 2.75) is 73.5 Å². The van der Waals surface area contributed by atoms with Gasteiger partial charge >= 0.3 is 348 Å². The van der Waals surface area contributed by atoms with Gasteiger partial charge in [-0.15, -0.1) is 0 Å². The van der Waals surface area contributed by atoms with E-state index in [0.29, 0.717) is 11.8 Å². The summed E-state index contributed by atoms with van der Waals surface area (Å²) in [5.74, 6) is 0.838. The van der Waals surface area contributed by atoms with Gasteiger partial charge < -0.3 is 0 Å². The van der Waals surface area contributed by atoms with Crippen molar-refractivity contribution in [3.63, 3.8) is 0 Å². The number of allylic oxidation sites excluding steroid dienone is 2. The van der Waals surface area contributed by atoms with E-state index in [4.69, 9.17) is 0 Å². The molecule has 0 fully saturated rings. The Kier molecular flexibility index (Phi) is 9.77. The third-order valence-corrected chi connectivity index (χ3v) is 36.9. The van der Waals surface area contributed by atoms with Crippen molar-refractivity contribution in [1.82, 2.24) is 0 Å². The minimum absolute atomic E-state index is 0.0962. The molecule has 0 bridgehead atoms. The fourth-order valence-electron chi connectivity index (χ4n) is 10.8. The molecular formula is C52H51Cl2SiZr. The minimum atomic E-state index is -5.53. The van der Waals surface area contributed by atoms with E-state index in [0.717, 1.165) is 12.8 Å². The van der Waals surface area contributed by atoms with Crippen molar-refractivity contribution in [2.75, 3.05) is 0 Å². The molecule has 1 aliphatic heterocycles. The van der Waals surface area contributed by atoms with Crippen LogP contribution >= 0.6 is 17.0 Å². The Bertz CT molecular complexity index is 2460. The molecule has 4 unspecified atom stereocenters. The SMILES string of the molecule is CCC(C)c1ccc2c(c1-c1ccccc1)C=C(C)[CH]2[Zr]([Cl])([Cl])([c]1cccc2c1[SiH2]c1ccccc1-2)[CH]1C(C)=Cc2c1ccc(C(C)CC)c2-c1ccccc1. The third kappa shape index (κ3) is 5.68. The number of halogens is 2. The number of benzene rings is 6. The van der Waals surface area contributed by atoms with Gasteiger partial charge in [0.2, 0.25) is 0 Å². The summed E-state index contributed by atoms with van der Waals surface area (Å²) in [4.78, 5) is 0. The van der Waals surface area contributed by atoms with Crippen LogP contribution in [0.5, 0.6) is 0 Å². The zero-order valence-corrected chi connectivity index (χ0v) is 38.8. The molecule has 56 heavy (non-hydrogen) atoms. The van der Waals surface area contributed by atoms with Gasteiger partial charge in [0.15, 0.2) is 0 Å². The summed E-state index contributed by atoms with van der Waals surface area (Å²) in [7, 11) is 17.5. The van der Waals surface area contributed by atoms with Gasteiger partial charge in [-0.3, -0.25) is 0 Å². The summed E-state index contributed by atoms with van der Waals surface area (Å²) in [6.45, 7) is 14.0. The monoisotopic (exact) mass is 863 g/mol. The molecule has 4 heteroatoms. The second-order valence-electron chi connectivity index (χ2n) is 16.9. The number of hydrogen-bond acceptors (Lipinski definition) is 0. The molecule has 0 amide bonds. The van der Waals surface area contributed by atoms with Crippen LogP contribution in [0.25, 0.3) is 45.5 Å². The summed E-state index contributed by atoms with van der Waals surface area (Å²) in [6, 6.07) is 47.7. The average Bonchev–Trinajstić information content (AvgIpc) is 3.90. The van der Waals surface area contributed by atoms with Crippen molar-refractivity contribution < 1.29 is 16.4 Å². The van der Waals surface area contributed by atoms with Gasteiger partial charge in [-0.2, -0.15) is 0 Å². The Labute approximate surface area is 344 Å². The van der Waals surface area contributed by atoms with Crippen LogP contribution in [0.3, 0.4) is 0 Å². The van der Waals surface area contributed by atoms with Crippen LogP contribution < -0.4 is 13.6 Å². The van der Waals surface area contributed by atoms with Crippen LogP contribution in [0.4, 0.5) is 0 Å². The van der Waals surface area contributed by atoms with E-state index in [1.165, 1.54) is 91.6 Å². The predicted octanol–water partition coefficient (Wildman–Crippen LogP) is 13.1. The topological polar surface area (TPSA) is 0 Å². The maximum absolute atomic E-state index is 9.18. The molecule has 0 N–H and O–H groups in total. The molecule has 1 heterocycles. The van der Waals surface area contributed by atoms with Crippen LogP contribution in [0.2, 0.25) is 0 Å². The molecule has 281 valence electrons. The summed E-state index contributed by atoms with van der Waals surface area (Å²) < 4.78 is 1.09. The van der Waals surface area contributed by atoms with Gasteiger partial charge in [0.1, 0.15) is 0 Å². The number of hydrogen-bond donors (Lipinski definition) is 0. The molecule has 0 saturated carbocycles. The standard InChI is InChI=1S/2C20H21.C12H9Si.2ClH.Zr/c2*1-4-15(3)18-11-10-17-12-14(2)13-19(17)20(18)16-8-6-5-7-9-16;1-3-7-11-9(5-1)10-6-2-4-8-12(10)13-11;;;/h2*5-13,15H,4H2,1-3H3;1-7H,13H2;2*1H;/q;;;;;+2/p-2. The molecule has 0 saturated heterocycles. The fourth-order valence-corrected chi connectivity index (χ4v) is 39.6. The molecule has 6 aromatic rings. The first kappa shape index (κ1) is 38.0. The zero-order valence-electron chi connectivity index (χ0n) is 33.5. The fraction of sp³-hybridized carbons (Fsp3) is 0.231. The summed E-state index contributed by atoms with van der Waals surface area (Å²) in [5, 5.41) is 2.96. The van der Waals surface area contributed by atoms with Crippen LogP contribution in [0, 0.1) is 0 Å². The van der Waals surface area contributed by atoms with Gasteiger partial charge in [0, 0.05) is 0 Å². The first-order chi connectivity index (χ1) is 27.1. The van der Waals surface area contributed by atoms with Crippen molar-refractivity contribution in [3.05, 3.63) is 172 Å². The van der Waals surface area contributed by atoms with Gasteiger partial charge in [-0.1, -0.05) is 0 Å². The van der Waals surface area contributed by atoms with E-state index >= 15 is 0 Å². The predicted molar refractivity (Wildman–Crippen MR) is 245 cm³/mol. The summed E-state index contributed by atoms with van der Waals surface area (Å²) >= 11 is -5.53. The molecule has 0 nitrogen and oxygen atoms in total. The Balaban J connectivity index is 1.36. The van der Waals surface area contributed by atoms with Crippen LogP contribution in [-0.2, 0) is 16.4 Å². The average molecular weight is 866 g/mol. The van der Waals surface area contributed by atoms with Crippen molar-refractivity contribution >= 4 is 52.3 Å². The molecule has 0 spiro atoms. The van der Waals surface area contributed by atoms with E-state index in [1.54, 1.807) is 0 Å². The number of fused-ring (bicyclic) bond motifs is 5. The van der Waals surface area contributed by atoms with Crippen LogP contribution in [-0.4, -0.2) is 9.52 Å². The van der Waals surface area contributed by atoms with Gasteiger partial charge in [0.25, 0.3) is 0 Å². The molecule has 0 aromatic heterocycles. The summed E-state index contributed by atoms with van der Waals surface area (Å²) in [6.07, 6.45) is 7.09. The first-order valence-corrected chi connectivity index (χ1v) is 32.5. The Hall–Kier alpha value is -3.52. The van der Waals surface area contributed by atoms with E-state index in [1.807, 2.05) is 0 Å². The Morgan fingerprint density at radius 1 is 0.554 bits per heavy atom. The van der Waals surface area contributed by atoms with Gasteiger partial charge in [-0.25, -0.2) is 0 Å². The Morgan fingerprint density at radius 2 is 1.02 bits per heavy atom. The van der Waals surface area contributed by atoms with Crippen molar-refractivity contribution in [2.24, 2.45) is 0 Å². The van der Waals surface area contributed by atoms with E-state index in [9.17, 15) is 17.0 Å². The summed E-state index contributed by atoms with van der Waals surface area (Å²) in [5.41, 5.74) is 18.5. The molecule has 9 rings (SSSR count). The van der Waals surface area contributed by atoms with Crippen LogP contribution in [0.1, 0.15) is 107 Å². The first-order valence-electron chi connectivity index (χ1n) is 20.6. The molecular weight excluding hydrogens is 815 g/mol. The van der Waals surface area contributed by atoms with Gasteiger partial charge in [0.05, 0.1) is 0 Å². The van der Waals surface area contributed by atoms with E-state index in [-0.39, 0.29) is 7.25 Å². The molecule has 3 aliphatic rings. The third-order valence-electron chi connectivity index (χ3n) is 13.7.